The highest BCUT2D eigenvalue weighted by Crippen LogP contribution is 2.29. The molecular formula is C12H21NO2. The van der Waals surface area contributed by atoms with Crippen molar-refractivity contribution in [3.05, 3.63) is 0 Å². The number of carbonyl (C=O) groups is 2. The van der Waals surface area contributed by atoms with Crippen LogP contribution in [0.15, 0.2) is 0 Å². The molecule has 0 N–H and O–H groups in total. The minimum absolute atomic E-state index is 0.0365. The van der Waals surface area contributed by atoms with Gasteiger partial charge in [-0.15, -0.1) is 0 Å². The Kier molecular flexibility index (Phi) is 4.79. The lowest BCUT2D eigenvalue weighted by molar-refractivity contribution is -0.139. The molecule has 1 aliphatic rings. The predicted octanol–water partition coefficient (Wildman–Crippen LogP) is 1.86. The normalized spacial score (nSPS) is 26.0. The number of hydrogen-bond donors (Lipinski definition) is 0. The van der Waals surface area contributed by atoms with Crippen LogP contribution in [0.1, 0.15) is 39.0 Å². The molecule has 1 amide bonds. The standard InChI is InChI=1S/C12H21NO2/c1-3-8-13(2)12(15)11-7-5-4-6-10(11)9-14/h9-11H,3-8H2,1-2H3. The molecule has 1 saturated carbocycles. The van der Waals surface area contributed by atoms with Crippen LogP contribution in [0.2, 0.25) is 0 Å². The van der Waals surface area contributed by atoms with Crippen LogP contribution < -0.4 is 0 Å². The van der Waals surface area contributed by atoms with Crippen LogP contribution in [0.4, 0.5) is 0 Å². The van der Waals surface area contributed by atoms with Crippen LogP contribution >= 0.6 is 0 Å². The van der Waals surface area contributed by atoms with Crippen molar-refractivity contribution >= 4 is 12.2 Å². The fourth-order valence-electron chi connectivity index (χ4n) is 2.36. The van der Waals surface area contributed by atoms with E-state index in [-0.39, 0.29) is 17.7 Å². The van der Waals surface area contributed by atoms with Crippen molar-refractivity contribution in [1.29, 1.82) is 0 Å². The lowest BCUT2D eigenvalue weighted by atomic mass is 9.79. The molecule has 0 spiro atoms. The van der Waals surface area contributed by atoms with E-state index in [1.54, 1.807) is 4.90 Å². The lowest BCUT2D eigenvalue weighted by Gasteiger charge is -2.30. The summed E-state index contributed by atoms with van der Waals surface area (Å²) in [6.45, 7) is 2.85. The Hall–Kier alpha value is -0.860. The number of amides is 1. The van der Waals surface area contributed by atoms with Crippen molar-refractivity contribution in [2.75, 3.05) is 13.6 Å². The number of carbonyl (C=O) groups excluding carboxylic acids is 2. The van der Waals surface area contributed by atoms with Gasteiger partial charge in [-0.25, -0.2) is 0 Å². The first-order valence-corrected chi connectivity index (χ1v) is 5.91. The molecule has 3 nitrogen and oxygen atoms in total. The minimum Gasteiger partial charge on any atom is -0.346 e. The summed E-state index contributed by atoms with van der Waals surface area (Å²) >= 11 is 0. The molecule has 2 unspecified atom stereocenters. The molecule has 0 radical (unpaired) electrons. The largest absolute Gasteiger partial charge is 0.346 e. The molecular weight excluding hydrogens is 190 g/mol. The Morgan fingerprint density at radius 2 is 2.07 bits per heavy atom. The molecule has 0 bridgehead atoms. The fourth-order valence-corrected chi connectivity index (χ4v) is 2.36. The third-order valence-electron chi connectivity index (χ3n) is 3.25. The maximum atomic E-state index is 12.0. The molecule has 1 fully saturated rings. The van der Waals surface area contributed by atoms with E-state index in [4.69, 9.17) is 0 Å². The number of nitrogens with zero attached hydrogens (tertiary/aromatic N) is 1. The smallest absolute Gasteiger partial charge is 0.226 e. The van der Waals surface area contributed by atoms with E-state index in [2.05, 4.69) is 6.92 Å². The molecule has 0 aromatic heterocycles. The average Bonchev–Trinajstić information content (AvgIpc) is 2.28. The fraction of sp³-hybridized carbons (Fsp3) is 0.833. The van der Waals surface area contributed by atoms with Crippen molar-refractivity contribution in [3.8, 4) is 0 Å². The van der Waals surface area contributed by atoms with Crippen LogP contribution in [0.25, 0.3) is 0 Å². The van der Waals surface area contributed by atoms with Gasteiger partial charge in [-0.3, -0.25) is 4.79 Å². The van der Waals surface area contributed by atoms with E-state index in [0.717, 1.165) is 44.9 Å². The molecule has 1 aliphatic carbocycles. The quantitative estimate of drug-likeness (QED) is 0.666. The Labute approximate surface area is 91.8 Å². The van der Waals surface area contributed by atoms with Crippen molar-refractivity contribution in [2.24, 2.45) is 11.8 Å². The molecule has 15 heavy (non-hydrogen) atoms. The van der Waals surface area contributed by atoms with Gasteiger partial charge in [0.1, 0.15) is 6.29 Å². The highest BCUT2D eigenvalue weighted by Gasteiger charge is 2.31. The number of rotatable bonds is 4. The number of hydrogen-bond acceptors (Lipinski definition) is 2. The third kappa shape index (κ3) is 3.05. The van der Waals surface area contributed by atoms with Gasteiger partial charge in [0.2, 0.25) is 5.91 Å². The van der Waals surface area contributed by atoms with Gasteiger partial charge >= 0.3 is 0 Å². The topological polar surface area (TPSA) is 37.4 Å². The van der Waals surface area contributed by atoms with E-state index < -0.39 is 0 Å². The maximum Gasteiger partial charge on any atom is 0.226 e. The molecule has 0 heterocycles. The molecule has 0 aliphatic heterocycles. The summed E-state index contributed by atoms with van der Waals surface area (Å²) in [5.41, 5.74) is 0. The molecule has 2 atom stereocenters. The van der Waals surface area contributed by atoms with E-state index >= 15 is 0 Å². The Balaban J connectivity index is 2.58. The van der Waals surface area contributed by atoms with Gasteiger partial charge in [0, 0.05) is 25.4 Å². The van der Waals surface area contributed by atoms with Crippen molar-refractivity contribution in [3.63, 3.8) is 0 Å². The first-order valence-electron chi connectivity index (χ1n) is 5.91. The van der Waals surface area contributed by atoms with Gasteiger partial charge in [0.25, 0.3) is 0 Å². The predicted molar refractivity (Wildman–Crippen MR) is 59.4 cm³/mol. The first-order chi connectivity index (χ1) is 7.20. The summed E-state index contributed by atoms with van der Waals surface area (Å²) in [5.74, 6) is 0.0759. The zero-order chi connectivity index (χ0) is 11.3. The van der Waals surface area contributed by atoms with Crippen molar-refractivity contribution in [2.45, 2.75) is 39.0 Å². The van der Waals surface area contributed by atoms with E-state index in [9.17, 15) is 9.59 Å². The zero-order valence-electron chi connectivity index (χ0n) is 9.74. The van der Waals surface area contributed by atoms with Crippen LogP contribution in [-0.2, 0) is 9.59 Å². The molecule has 1 rings (SSSR count). The Morgan fingerprint density at radius 3 is 2.67 bits per heavy atom. The van der Waals surface area contributed by atoms with Gasteiger partial charge in [0.05, 0.1) is 0 Å². The summed E-state index contributed by atoms with van der Waals surface area (Å²) in [4.78, 5) is 24.7. The van der Waals surface area contributed by atoms with Gasteiger partial charge in [-0.2, -0.15) is 0 Å². The molecule has 3 heteroatoms. The van der Waals surface area contributed by atoms with Gasteiger partial charge in [-0.05, 0) is 19.3 Å². The maximum absolute atomic E-state index is 12.0. The molecule has 0 aromatic carbocycles. The highest BCUT2D eigenvalue weighted by molar-refractivity contribution is 5.81. The molecule has 86 valence electrons. The number of aldehydes is 1. The second kappa shape index (κ2) is 5.89. The monoisotopic (exact) mass is 211 g/mol. The summed E-state index contributed by atoms with van der Waals surface area (Å²) < 4.78 is 0. The summed E-state index contributed by atoms with van der Waals surface area (Å²) in [6.07, 6.45) is 5.89. The summed E-state index contributed by atoms with van der Waals surface area (Å²) in [6, 6.07) is 0. The van der Waals surface area contributed by atoms with Crippen molar-refractivity contribution < 1.29 is 9.59 Å². The molecule has 0 saturated heterocycles. The summed E-state index contributed by atoms with van der Waals surface area (Å²) in [7, 11) is 1.84. The zero-order valence-corrected chi connectivity index (χ0v) is 9.74. The lowest BCUT2D eigenvalue weighted by Crippen LogP contribution is -2.38. The van der Waals surface area contributed by atoms with Crippen LogP contribution in [0.5, 0.6) is 0 Å². The van der Waals surface area contributed by atoms with Crippen molar-refractivity contribution in [1.82, 2.24) is 4.90 Å². The van der Waals surface area contributed by atoms with Gasteiger partial charge in [-0.1, -0.05) is 19.8 Å². The molecule has 0 aromatic rings. The minimum atomic E-state index is -0.0483. The second-order valence-corrected chi connectivity index (χ2v) is 4.45. The first kappa shape index (κ1) is 12.2. The van der Waals surface area contributed by atoms with E-state index in [0.29, 0.717) is 0 Å². The van der Waals surface area contributed by atoms with Gasteiger partial charge in [0.15, 0.2) is 0 Å². The SMILES string of the molecule is CCCN(C)C(=O)C1CCCCC1C=O. The summed E-state index contributed by atoms with van der Waals surface area (Å²) in [5, 5.41) is 0. The Morgan fingerprint density at radius 1 is 1.40 bits per heavy atom. The van der Waals surface area contributed by atoms with Crippen LogP contribution in [0, 0.1) is 11.8 Å². The van der Waals surface area contributed by atoms with Crippen LogP contribution in [-0.4, -0.2) is 30.7 Å². The second-order valence-electron chi connectivity index (χ2n) is 4.45. The highest BCUT2D eigenvalue weighted by atomic mass is 16.2. The third-order valence-corrected chi connectivity index (χ3v) is 3.25. The van der Waals surface area contributed by atoms with Gasteiger partial charge < -0.3 is 9.69 Å². The average molecular weight is 211 g/mol. The van der Waals surface area contributed by atoms with E-state index in [1.165, 1.54) is 0 Å². The Bertz CT molecular complexity index is 228. The van der Waals surface area contributed by atoms with Crippen LogP contribution in [0.3, 0.4) is 0 Å². The van der Waals surface area contributed by atoms with E-state index in [1.807, 2.05) is 7.05 Å².